The first kappa shape index (κ1) is 64.9. The Balaban J connectivity index is 0.000000213. The predicted octanol–water partition coefficient (Wildman–Crippen LogP) is 17.8. The summed E-state index contributed by atoms with van der Waals surface area (Å²) in [5.74, 6) is 1.55. The van der Waals surface area contributed by atoms with E-state index in [4.69, 9.17) is 4.43 Å². The highest BCUT2D eigenvalue weighted by Gasteiger charge is 2.72. The van der Waals surface area contributed by atoms with Crippen LogP contribution in [0.15, 0.2) is 83.6 Å². The number of hydrogen-bond acceptors (Lipinski definition) is 5. The third-order valence-corrected chi connectivity index (χ3v) is 20.7. The van der Waals surface area contributed by atoms with E-state index in [-0.39, 0.29) is 70.2 Å². The lowest BCUT2D eigenvalue weighted by Crippen LogP contribution is -2.61. The molecule has 8 saturated carbocycles. The number of aliphatic hydroxyl groups excluding tert-OH is 1. The van der Waals surface area contributed by atoms with Gasteiger partial charge < -0.3 is 19.4 Å². The molecule has 0 aliphatic heterocycles. The second-order valence-corrected chi connectivity index (χ2v) is 30.4. The Kier molecular flexibility index (Phi) is 19.6. The molecular formula is C61H84F12O5Si. The van der Waals surface area contributed by atoms with Crippen molar-refractivity contribution in [1.29, 1.82) is 0 Å². The van der Waals surface area contributed by atoms with Gasteiger partial charge in [0.25, 0.3) is 11.2 Å². The van der Waals surface area contributed by atoms with Crippen molar-refractivity contribution in [2.75, 3.05) is 0 Å². The molecule has 0 bridgehead atoms. The van der Waals surface area contributed by atoms with Gasteiger partial charge in [0, 0.05) is 18.8 Å². The number of aldehydes is 1. The summed E-state index contributed by atoms with van der Waals surface area (Å²) in [6.45, 7) is 18.6. The number of Topliss-reactive ketones (excluding diaryl/α,β-unsaturated/α-hetero) is 1. The lowest BCUT2D eigenvalue weighted by atomic mass is 9.59. The Labute approximate surface area is 460 Å². The lowest BCUT2D eigenvalue weighted by Gasteiger charge is -2.45. The van der Waals surface area contributed by atoms with Crippen LogP contribution in [0.3, 0.4) is 0 Å². The molecule has 0 aromatic heterocycles. The van der Waals surface area contributed by atoms with Crippen LogP contribution in [0, 0.1) is 51.2 Å². The molecule has 446 valence electrons. The molecule has 0 amide bonds. The summed E-state index contributed by atoms with van der Waals surface area (Å²) in [5.41, 5.74) is -4.23. The standard InChI is InChI=1S/C28H36F6O2.C22H32F6O2Si.C11H16O/c1-18-19(6-3-8-22(18)35)9-10-20-7-4-13-24(2)21(20)11-12-23(24)25(16-17-25)14-5-15-26(36,27(29,30)31)28(32,33)34;1-18-10-5-7-16(29)15(18)8-9-17(18)19(13-14-19)11-6-12-20(21(23,24)25,22(26,27)28)30-31(2,3)4;1-9-5-3-6-11(10(9)2)7-4-8-12/h5,9-10,15,21-23,35-36H,1,3-4,6-8,11-14,16-17H2,2H3;6,12,15,17H,5,7-11,13-14H2,1-4H3;7-9H,2-6H2,1H3/b15-5+,19-9-,20-10+;12-6+;11-7-/t21?,22-,23-,24-;15?,17-,18-;9-/m000/s1. The van der Waals surface area contributed by atoms with E-state index in [1.165, 1.54) is 49.2 Å². The van der Waals surface area contributed by atoms with Crippen LogP contribution in [0.25, 0.3) is 0 Å². The summed E-state index contributed by atoms with van der Waals surface area (Å²) in [7, 11) is -3.19. The second-order valence-electron chi connectivity index (χ2n) is 26.0. The highest BCUT2D eigenvalue weighted by atomic mass is 28.4. The molecule has 8 aliphatic rings. The number of rotatable bonds is 13. The molecule has 0 saturated heterocycles. The number of carbonyl (C=O) groups excluding carboxylic acids is 2. The zero-order chi connectivity index (χ0) is 59.1. The summed E-state index contributed by atoms with van der Waals surface area (Å²) in [6, 6.07) is 0. The van der Waals surface area contributed by atoms with Crippen LogP contribution < -0.4 is 0 Å². The number of hydrogen-bond donors (Lipinski definition) is 2. The van der Waals surface area contributed by atoms with E-state index in [0.717, 1.165) is 139 Å². The van der Waals surface area contributed by atoms with Gasteiger partial charge in [0.2, 0.25) is 0 Å². The quantitative estimate of drug-likeness (QED) is 0.0831. The molecular weight excluding hydrogens is 1070 g/mol. The van der Waals surface area contributed by atoms with Crippen LogP contribution in [0.5, 0.6) is 0 Å². The molecule has 2 N–H and O–H groups in total. The molecule has 2 unspecified atom stereocenters. The SMILES string of the molecule is C=C1/C(=C\C=C2/CCC[C@@]3(C)C2CC[C@@H]3C2(C/C=C/C(O)(C(F)(F)F)C(F)(F)F)CC2)CCC[C@@H]1O.C=C1/C(=C\CC=O)CCC[C@@H]1C.C[C@]12CCCC(=O)C1CC[C@@H]2C1(C/C=C/C(O[Si](C)(C)C)(C(F)(F)F)C(F)(F)F)CC1. The van der Waals surface area contributed by atoms with Crippen LogP contribution in [-0.2, 0) is 14.0 Å². The largest absolute Gasteiger partial charge is 0.429 e. The van der Waals surface area contributed by atoms with Crippen LogP contribution >= 0.6 is 0 Å². The van der Waals surface area contributed by atoms with Crippen molar-refractivity contribution in [2.45, 2.75) is 230 Å². The van der Waals surface area contributed by atoms with E-state index in [1.54, 1.807) is 0 Å². The first-order chi connectivity index (χ1) is 36.4. The van der Waals surface area contributed by atoms with E-state index >= 15 is 0 Å². The monoisotopic (exact) mass is 1150 g/mol. The number of halogens is 12. The van der Waals surface area contributed by atoms with Crippen LogP contribution in [-0.4, -0.2) is 72.6 Å². The van der Waals surface area contributed by atoms with E-state index in [1.807, 2.05) is 6.08 Å². The van der Waals surface area contributed by atoms with Gasteiger partial charge in [0.05, 0.1) is 6.10 Å². The van der Waals surface area contributed by atoms with E-state index < -0.39 is 50.3 Å². The number of carbonyl (C=O) groups is 2. The van der Waals surface area contributed by atoms with E-state index in [2.05, 4.69) is 46.1 Å². The fraction of sp³-hybridized carbons (Fsp3) is 0.738. The van der Waals surface area contributed by atoms with Gasteiger partial charge in [0.15, 0.2) is 8.32 Å². The minimum atomic E-state index is -5.83. The molecule has 8 rings (SSSR count). The summed E-state index contributed by atoms with van der Waals surface area (Å²) in [5, 5.41) is 19.6. The summed E-state index contributed by atoms with van der Waals surface area (Å²) in [6.07, 6.45) is 4.67. The van der Waals surface area contributed by atoms with Crippen molar-refractivity contribution in [3.63, 3.8) is 0 Å². The summed E-state index contributed by atoms with van der Waals surface area (Å²) in [4.78, 5) is 22.6. The van der Waals surface area contributed by atoms with Gasteiger partial charge in [-0.2, -0.15) is 52.7 Å². The van der Waals surface area contributed by atoms with Gasteiger partial charge >= 0.3 is 24.7 Å². The van der Waals surface area contributed by atoms with Crippen molar-refractivity contribution in [2.24, 2.45) is 51.2 Å². The Morgan fingerprint density at radius 1 is 0.620 bits per heavy atom. The minimum Gasteiger partial charge on any atom is -0.394 e. The Morgan fingerprint density at radius 3 is 1.62 bits per heavy atom. The molecule has 0 aromatic carbocycles. The third kappa shape index (κ3) is 13.7. The Morgan fingerprint density at radius 2 is 1.11 bits per heavy atom. The van der Waals surface area contributed by atoms with Gasteiger partial charge in [-0.05, 0) is 234 Å². The van der Waals surface area contributed by atoms with Gasteiger partial charge in [0.1, 0.15) is 12.1 Å². The average molecular weight is 1150 g/mol. The second kappa shape index (κ2) is 23.8. The third-order valence-electron chi connectivity index (χ3n) is 19.8. The van der Waals surface area contributed by atoms with Crippen molar-refractivity contribution < 1.29 is 76.9 Å². The summed E-state index contributed by atoms with van der Waals surface area (Å²) >= 11 is 0. The molecule has 0 spiro atoms. The zero-order valence-electron chi connectivity index (χ0n) is 46.9. The molecule has 8 fully saturated rings. The highest BCUT2D eigenvalue weighted by Crippen LogP contribution is 2.71. The van der Waals surface area contributed by atoms with Crippen LogP contribution in [0.2, 0.25) is 19.6 Å². The predicted molar refractivity (Wildman–Crippen MR) is 285 cm³/mol. The average Bonchev–Trinajstić information content (AvgIpc) is 4.44. The molecule has 79 heavy (non-hydrogen) atoms. The Bertz CT molecular complexity index is 2350. The fourth-order valence-corrected chi connectivity index (χ4v) is 16.5. The number of ketones is 1. The first-order valence-corrected chi connectivity index (χ1v) is 31.9. The molecule has 18 heteroatoms. The number of aliphatic hydroxyl groups is 2. The van der Waals surface area contributed by atoms with Gasteiger partial charge in [-0.3, -0.25) is 4.79 Å². The smallest absolute Gasteiger partial charge is 0.394 e. The van der Waals surface area contributed by atoms with Crippen molar-refractivity contribution in [1.82, 2.24) is 0 Å². The first-order valence-electron chi connectivity index (χ1n) is 28.5. The molecule has 0 heterocycles. The van der Waals surface area contributed by atoms with Crippen LogP contribution in [0.1, 0.15) is 168 Å². The zero-order valence-corrected chi connectivity index (χ0v) is 47.9. The van der Waals surface area contributed by atoms with Gasteiger partial charge in [-0.15, -0.1) is 0 Å². The molecule has 5 nitrogen and oxygen atoms in total. The number of allylic oxidation sites excluding steroid dienone is 8. The fourth-order valence-electron chi connectivity index (χ4n) is 15.3. The Hall–Kier alpha value is -3.22. The maximum atomic E-state index is 13.8. The minimum absolute atomic E-state index is 0.0210. The molecule has 0 radical (unpaired) electrons. The molecule has 8 atom stereocenters. The topological polar surface area (TPSA) is 83.8 Å². The maximum absolute atomic E-state index is 13.8. The van der Waals surface area contributed by atoms with Crippen molar-refractivity contribution in [3.8, 4) is 0 Å². The summed E-state index contributed by atoms with van der Waals surface area (Å²) < 4.78 is 166. The molecule has 0 aromatic rings. The van der Waals surface area contributed by atoms with E-state index in [9.17, 15) is 72.5 Å². The molecule has 8 aliphatic carbocycles. The van der Waals surface area contributed by atoms with Gasteiger partial charge in [-0.1, -0.05) is 69.9 Å². The van der Waals surface area contributed by atoms with Crippen molar-refractivity contribution >= 4 is 20.4 Å². The van der Waals surface area contributed by atoms with E-state index in [0.29, 0.717) is 24.7 Å². The number of alkyl halides is 12. The number of fused-ring (bicyclic) bond motifs is 2. The van der Waals surface area contributed by atoms with Gasteiger partial charge in [-0.25, -0.2) is 0 Å². The maximum Gasteiger partial charge on any atom is 0.429 e. The van der Waals surface area contributed by atoms with Crippen LogP contribution in [0.4, 0.5) is 52.7 Å². The lowest BCUT2D eigenvalue weighted by molar-refractivity contribution is -0.347. The highest BCUT2D eigenvalue weighted by molar-refractivity contribution is 6.69. The normalized spacial score (nSPS) is 32.9. The van der Waals surface area contributed by atoms with Crippen molar-refractivity contribution in [3.05, 3.63) is 83.6 Å².